The molecule has 72 heavy (non-hydrogen) atoms. The molecule has 0 aromatic heterocycles. The lowest BCUT2D eigenvalue weighted by Gasteiger charge is -2.18. The van der Waals surface area contributed by atoms with Gasteiger partial charge >= 0.3 is 23.9 Å². The largest absolute Gasteiger partial charge is 0.481 e. The zero-order chi connectivity index (χ0) is 52.5. The van der Waals surface area contributed by atoms with Gasteiger partial charge in [-0.3, -0.25) is 19.2 Å². The second kappa shape index (κ2) is 18.6. The van der Waals surface area contributed by atoms with Crippen LogP contribution in [0.5, 0.6) is 0 Å². The molecule has 6 N–H and O–H groups in total. The molecule has 24 heteroatoms. The van der Waals surface area contributed by atoms with Crippen LogP contribution in [0.25, 0.3) is 0 Å². The van der Waals surface area contributed by atoms with E-state index in [1.54, 1.807) is 13.8 Å². The molecule has 408 valence electrons. The molecule has 12 saturated carbocycles. The number of aliphatic carboxylic acids is 2. The number of hydrogen-bond acceptors (Lipinski definition) is 14. The van der Waals surface area contributed by atoms with Crippen molar-refractivity contribution >= 4 is 64.0 Å². The summed E-state index contributed by atoms with van der Waals surface area (Å²) in [7, 11) is -12.7. The van der Waals surface area contributed by atoms with Gasteiger partial charge in [-0.05, 0) is 162 Å². The molecule has 20 nitrogen and oxygen atoms in total. The van der Waals surface area contributed by atoms with Gasteiger partial charge in [-0.25, -0.2) is 52.6 Å². The zero-order valence-corrected chi connectivity index (χ0v) is 45.5. The Morgan fingerprint density at radius 1 is 0.417 bits per heavy atom. The van der Waals surface area contributed by atoms with Gasteiger partial charge in [0.15, 0.2) is 0 Å². The molecule has 16 atom stereocenters. The van der Waals surface area contributed by atoms with E-state index >= 15 is 0 Å². The first kappa shape index (κ1) is 54.3. The number of ether oxygens (including phenoxy) is 2. The van der Waals surface area contributed by atoms with Crippen LogP contribution in [0.15, 0.2) is 0 Å². The highest BCUT2D eigenvalue weighted by Crippen LogP contribution is 2.69. The fraction of sp³-hybridized carbons (Fsp3) is 0.917. The molecule has 0 aliphatic heterocycles. The molecular formula is C48H76N4O16S4. The van der Waals surface area contributed by atoms with E-state index in [1.165, 1.54) is 0 Å². The van der Waals surface area contributed by atoms with Crippen molar-refractivity contribution in [2.24, 2.45) is 69.0 Å². The standard InChI is InChI=1S/2C13H21NO4S.2C11H17NO4S/c2*1-3-18-12(15)9-6-11(10-7-13(9,10)2)14-19(16,17)8-4-5-8;2*1-11-5-8(11)9(4-7(11)10(13)14)12-17(15,16)6-2-3-6/h2*8-11,14H,3-7H2,1-2H3;2*6-9,12H,2-5H2,1H3,(H,13,14)/t2*9-,10-,11-,13+;2*7-,8-,9-,11+/m1010/s1. The average molecular weight is 1090 g/mol. The van der Waals surface area contributed by atoms with Crippen molar-refractivity contribution in [3.63, 3.8) is 0 Å². The Balaban J connectivity index is 0.000000119. The maximum absolute atomic E-state index is 12.0. The van der Waals surface area contributed by atoms with Gasteiger partial charge in [0.05, 0.1) is 57.9 Å². The molecule has 12 aliphatic rings. The van der Waals surface area contributed by atoms with Gasteiger partial charge in [0.1, 0.15) is 0 Å². The Morgan fingerprint density at radius 3 is 0.806 bits per heavy atom. The van der Waals surface area contributed by atoms with Crippen molar-refractivity contribution in [1.29, 1.82) is 0 Å². The van der Waals surface area contributed by atoms with E-state index in [4.69, 9.17) is 19.7 Å². The number of nitrogens with one attached hydrogen (secondary N) is 4. The summed E-state index contributed by atoms with van der Waals surface area (Å²) in [5.41, 5.74) is -0.461. The first-order valence-corrected chi connectivity index (χ1v) is 32.5. The van der Waals surface area contributed by atoms with Crippen molar-refractivity contribution in [3.8, 4) is 0 Å². The first-order valence-electron chi connectivity index (χ1n) is 26.3. The third-order valence-corrected chi connectivity index (χ3v) is 27.2. The minimum Gasteiger partial charge on any atom is -0.481 e. The monoisotopic (exact) mass is 1090 g/mol. The summed E-state index contributed by atoms with van der Waals surface area (Å²) < 4.78 is 117. The summed E-state index contributed by atoms with van der Waals surface area (Å²) in [5.74, 6) is -1.94. The van der Waals surface area contributed by atoms with Crippen molar-refractivity contribution in [2.45, 2.75) is 189 Å². The third-order valence-electron chi connectivity index (χ3n) is 19.3. The highest BCUT2D eigenvalue weighted by atomic mass is 32.2. The van der Waals surface area contributed by atoms with Crippen LogP contribution in [0, 0.1) is 69.0 Å². The number of carboxylic acids is 2. The molecule has 0 unspecified atom stereocenters. The van der Waals surface area contributed by atoms with Crippen LogP contribution in [0.2, 0.25) is 0 Å². The number of rotatable bonds is 18. The third kappa shape index (κ3) is 10.6. The van der Waals surface area contributed by atoms with Crippen LogP contribution in [0.1, 0.15) is 144 Å². The Labute approximate surface area is 425 Å². The van der Waals surface area contributed by atoms with E-state index in [1.807, 2.05) is 13.8 Å². The Kier molecular flexibility index (Phi) is 14.0. The van der Waals surface area contributed by atoms with Crippen molar-refractivity contribution in [3.05, 3.63) is 0 Å². The average Bonchev–Trinajstić information content (AvgIpc) is 4.04. The number of esters is 2. The first-order chi connectivity index (χ1) is 33.5. The maximum Gasteiger partial charge on any atom is 0.309 e. The van der Waals surface area contributed by atoms with Crippen LogP contribution >= 0.6 is 0 Å². The molecule has 0 radical (unpaired) electrons. The minimum atomic E-state index is -3.20. The van der Waals surface area contributed by atoms with Gasteiger partial charge in [-0.15, -0.1) is 0 Å². The van der Waals surface area contributed by atoms with E-state index in [2.05, 4.69) is 32.7 Å². The Hall–Kier alpha value is -2.48. The molecule has 0 heterocycles. The van der Waals surface area contributed by atoms with Crippen LogP contribution in [0.4, 0.5) is 0 Å². The summed E-state index contributed by atoms with van der Waals surface area (Å²) in [6.45, 7) is 12.4. The second-order valence-electron chi connectivity index (χ2n) is 24.5. The van der Waals surface area contributed by atoms with Gasteiger partial charge in [0.25, 0.3) is 0 Å². The molecule has 0 bridgehead atoms. The molecule has 12 fully saturated rings. The molecular weight excluding hydrogens is 1020 g/mol. The summed E-state index contributed by atoms with van der Waals surface area (Å²) in [4.78, 5) is 46.1. The molecule has 0 aromatic carbocycles. The molecule has 0 saturated heterocycles. The SMILES string of the molecule is CCOC(=O)[C@@H]1C[C@H](NS(=O)(=O)C2CC2)[C@@H]2C[C@]12C.CCOC(=O)[C@H]1C[C@@H](NS(=O)(=O)C2CC2)[C@H]2C[C@@]12C.C[C@@]12C[C@@H]1[C@H](NS(=O)(=O)C1CC1)C[C@@H]2C(=O)O.C[C@]12C[C@H]1[C@@H](NS(=O)(=O)C1CC1)C[C@H]2C(=O)O. The van der Waals surface area contributed by atoms with Crippen molar-refractivity contribution < 1.29 is 72.5 Å². The molecule has 0 aromatic rings. The van der Waals surface area contributed by atoms with E-state index in [0.29, 0.717) is 50.7 Å². The number of carbonyl (C=O) groups excluding carboxylic acids is 2. The zero-order valence-electron chi connectivity index (χ0n) is 42.2. The normalized spacial score (nSPS) is 42.5. The number of fused-ring (bicyclic) bond motifs is 4. The summed E-state index contributed by atoms with van der Waals surface area (Å²) in [6.07, 6.45) is 11.6. The molecule has 12 aliphatic carbocycles. The minimum absolute atomic E-state index is 0.0526. The second-order valence-corrected chi connectivity index (χ2v) is 32.4. The molecule has 0 amide bonds. The Bertz CT molecular complexity index is 2480. The summed E-state index contributed by atoms with van der Waals surface area (Å²) in [5, 5.41) is 17.4. The van der Waals surface area contributed by atoms with Crippen molar-refractivity contribution in [2.75, 3.05) is 13.2 Å². The fourth-order valence-electron chi connectivity index (χ4n) is 13.7. The van der Waals surface area contributed by atoms with Crippen LogP contribution in [-0.2, 0) is 68.7 Å². The van der Waals surface area contributed by atoms with Gasteiger partial charge in [-0.1, -0.05) is 27.7 Å². The van der Waals surface area contributed by atoms with Crippen LogP contribution in [0.3, 0.4) is 0 Å². The van der Waals surface area contributed by atoms with Crippen molar-refractivity contribution in [1.82, 2.24) is 18.9 Å². The smallest absolute Gasteiger partial charge is 0.309 e. The lowest BCUT2D eigenvalue weighted by atomic mass is 9.92. The van der Waals surface area contributed by atoms with Gasteiger partial charge in [0.2, 0.25) is 40.1 Å². The number of carboxylic acid groups (broad SMARTS) is 2. The predicted octanol–water partition coefficient (Wildman–Crippen LogP) is 3.23. The topological polar surface area (TPSA) is 312 Å². The van der Waals surface area contributed by atoms with Gasteiger partial charge in [-0.2, -0.15) is 0 Å². The molecule has 12 rings (SSSR count). The van der Waals surface area contributed by atoms with Gasteiger partial charge < -0.3 is 19.7 Å². The number of hydrogen-bond donors (Lipinski definition) is 6. The number of carbonyl (C=O) groups is 4. The molecule has 0 spiro atoms. The van der Waals surface area contributed by atoms with E-state index in [-0.39, 0.29) is 114 Å². The van der Waals surface area contributed by atoms with E-state index in [9.17, 15) is 52.8 Å². The van der Waals surface area contributed by atoms with Gasteiger partial charge in [0, 0.05) is 24.2 Å². The highest BCUT2D eigenvalue weighted by Gasteiger charge is 2.70. The number of sulfonamides is 4. The lowest BCUT2D eigenvalue weighted by Crippen LogP contribution is -2.38. The quantitative estimate of drug-likeness (QED) is 0.107. The van der Waals surface area contributed by atoms with E-state index < -0.39 is 52.0 Å². The Morgan fingerprint density at radius 2 is 0.625 bits per heavy atom. The fourth-order valence-corrected chi connectivity index (χ4v) is 20.2. The van der Waals surface area contributed by atoms with Crippen LogP contribution < -0.4 is 18.9 Å². The summed E-state index contributed by atoms with van der Waals surface area (Å²) >= 11 is 0. The van der Waals surface area contributed by atoms with Crippen LogP contribution in [-0.4, -0.2) is 126 Å². The van der Waals surface area contributed by atoms with E-state index in [0.717, 1.165) is 77.0 Å². The maximum atomic E-state index is 12.0. The predicted molar refractivity (Wildman–Crippen MR) is 261 cm³/mol. The lowest BCUT2D eigenvalue weighted by molar-refractivity contribution is -0.151. The summed E-state index contributed by atoms with van der Waals surface area (Å²) in [6, 6.07) is -0.478. The highest BCUT2D eigenvalue weighted by molar-refractivity contribution is 7.91.